The molecule has 1 amide bonds. The van der Waals surface area contributed by atoms with Crippen molar-refractivity contribution in [2.45, 2.75) is 25.9 Å². The molecule has 1 N–H and O–H groups in total. The van der Waals surface area contributed by atoms with Crippen molar-refractivity contribution in [3.05, 3.63) is 77.3 Å². The zero-order chi connectivity index (χ0) is 19.3. The summed E-state index contributed by atoms with van der Waals surface area (Å²) in [4.78, 5) is 27.9. The Morgan fingerprint density at radius 2 is 1.93 bits per heavy atom. The van der Waals surface area contributed by atoms with Crippen LogP contribution in [0.2, 0.25) is 0 Å². The summed E-state index contributed by atoms with van der Waals surface area (Å²) in [6.07, 6.45) is 4.00. The number of benzene rings is 2. The second kappa shape index (κ2) is 7.91. The van der Waals surface area contributed by atoms with E-state index in [1.165, 1.54) is 6.33 Å². The van der Waals surface area contributed by atoms with Crippen LogP contribution in [-0.4, -0.2) is 25.2 Å². The molecule has 0 saturated carbocycles. The van der Waals surface area contributed by atoms with E-state index < -0.39 is 5.76 Å². The molecule has 0 unspecified atom stereocenters. The lowest BCUT2D eigenvalue weighted by Crippen LogP contribution is -2.23. The number of carbonyl (C=O) groups is 1. The van der Waals surface area contributed by atoms with Crippen LogP contribution in [-0.2, 0) is 17.9 Å². The molecule has 2 aromatic carbocycles. The third-order valence-electron chi connectivity index (χ3n) is 4.47. The molecule has 0 aliphatic heterocycles. The van der Waals surface area contributed by atoms with Crippen molar-refractivity contribution in [3.8, 4) is 5.69 Å². The van der Waals surface area contributed by atoms with Crippen LogP contribution in [0.4, 0.5) is 0 Å². The fourth-order valence-corrected chi connectivity index (χ4v) is 3.02. The second-order valence-electron chi connectivity index (χ2n) is 6.37. The van der Waals surface area contributed by atoms with Gasteiger partial charge in [0, 0.05) is 19.5 Å². The quantitative estimate of drug-likeness (QED) is 0.533. The fourth-order valence-electron chi connectivity index (χ4n) is 3.02. The van der Waals surface area contributed by atoms with E-state index in [1.807, 2.05) is 42.5 Å². The van der Waals surface area contributed by atoms with Crippen LogP contribution in [0.1, 0.15) is 18.4 Å². The van der Waals surface area contributed by atoms with Gasteiger partial charge in [-0.25, -0.2) is 14.5 Å². The van der Waals surface area contributed by atoms with E-state index in [9.17, 15) is 9.59 Å². The van der Waals surface area contributed by atoms with E-state index in [1.54, 1.807) is 21.6 Å². The molecule has 0 radical (unpaired) electrons. The lowest BCUT2D eigenvalue weighted by atomic mass is 10.2. The molecule has 142 valence electrons. The highest BCUT2D eigenvalue weighted by Gasteiger charge is 2.09. The maximum absolute atomic E-state index is 12.1. The first-order valence-electron chi connectivity index (χ1n) is 9.00. The Hall–Kier alpha value is -3.68. The van der Waals surface area contributed by atoms with E-state index in [0.717, 1.165) is 16.8 Å². The van der Waals surface area contributed by atoms with Crippen molar-refractivity contribution in [2.75, 3.05) is 0 Å². The molecule has 0 aliphatic rings. The molecule has 8 nitrogen and oxygen atoms in total. The van der Waals surface area contributed by atoms with E-state index >= 15 is 0 Å². The van der Waals surface area contributed by atoms with Crippen LogP contribution in [0.5, 0.6) is 0 Å². The van der Waals surface area contributed by atoms with E-state index in [2.05, 4.69) is 15.4 Å². The Labute approximate surface area is 160 Å². The van der Waals surface area contributed by atoms with E-state index in [4.69, 9.17) is 4.42 Å². The highest BCUT2D eigenvalue weighted by Crippen LogP contribution is 2.12. The van der Waals surface area contributed by atoms with Crippen molar-refractivity contribution in [2.24, 2.45) is 0 Å². The summed E-state index contributed by atoms with van der Waals surface area (Å²) in [5.74, 6) is -0.449. The van der Waals surface area contributed by atoms with Crippen molar-refractivity contribution in [1.82, 2.24) is 24.6 Å². The number of fused-ring (bicyclic) bond motifs is 1. The van der Waals surface area contributed by atoms with Crippen molar-refractivity contribution in [1.29, 1.82) is 0 Å². The van der Waals surface area contributed by atoms with E-state index in [-0.39, 0.29) is 5.91 Å². The number of nitrogens with zero attached hydrogens (tertiary/aromatic N) is 4. The average Bonchev–Trinajstić information content (AvgIpc) is 3.35. The number of oxazole rings is 1. The number of nitrogens with one attached hydrogen (secondary N) is 1. The normalized spacial score (nSPS) is 11.0. The van der Waals surface area contributed by atoms with Gasteiger partial charge >= 0.3 is 5.76 Å². The Morgan fingerprint density at radius 1 is 1.11 bits per heavy atom. The van der Waals surface area contributed by atoms with Gasteiger partial charge in [0.15, 0.2) is 5.58 Å². The van der Waals surface area contributed by atoms with Crippen LogP contribution >= 0.6 is 0 Å². The van der Waals surface area contributed by atoms with Crippen LogP contribution in [0.25, 0.3) is 16.8 Å². The van der Waals surface area contributed by atoms with Gasteiger partial charge < -0.3 is 9.73 Å². The molecule has 28 heavy (non-hydrogen) atoms. The van der Waals surface area contributed by atoms with Gasteiger partial charge in [0.1, 0.15) is 12.7 Å². The number of amides is 1. The molecule has 2 aromatic heterocycles. The smallest absolute Gasteiger partial charge is 0.408 e. The van der Waals surface area contributed by atoms with Gasteiger partial charge in [-0.2, -0.15) is 5.10 Å². The maximum Gasteiger partial charge on any atom is 0.419 e. The molecule has 4 aromatic rings. The molecule has 8 heteroatoms. The van der Waals surface area contributed by atoms with Gasteiger partial charge in [-0.1, -0.05) is 24.3 Å². The minimum atomic E-state index is -0.394. The zero-order valence-electron chi connectivity index (χ0n) is 15.1. The number of hydrogen-bond acceptors (Lipinski definition) is 5. The van der Waals surface area contributed by atoms with Crippen molar-refractivity contribution < 1.29 is 9.21 Å². The SMILES string of the molecule is O=C(CCCn1c(=O)oc2ccccc21)NCc1ccc(-n2cncn2)cc1. The third-order valence-corrected chi connectivity index (χ3v) is 4.47. The first-order valence-corrected chi connectivity index (χ1v) is 9.00. The Morgan fingerprint density at radius 3 is 2.71 bits per heavy atom. The topological polar surface area (TPSA) is 94.9 Å². The molecule has 2 heterocycles. The summed E-state index contributed by atoms with van der Waals surface area (Å²) in [7, 11) is 0. The molecule has 0 spiro atoms. The summed E-state index contributed by atoms with van der Waals surface area (Å²) in [6, 6.07) is 15.0. The number of carbonyl (C=O) groups excluding carboxylic acids is 1. The molecular formula is C20H19N5O3. The summed E-state index contributed by atoms with van der Waals surface area (Å²) >= 11 is 0. The molecule has 0 atom stereocenters. The van der Waals surface area contributed by atoms with Gasteiger partial charge in [0.05, 0.1) is 11.2 Å². The Kier molecular flexibility index (Phi) is 5.01. The third kappa shape index (κ3) is 3.85. The lowest BCUT2D eigenvalue weighted by Gasteiger charge is -2.07. The largest absolute Gasteiger partial charge is 0.419 e. The molecule has 0 fully saturated rings. The summed E-state index contributed by atoms with van der Waals surface area (Å²) in [5.41, 5.74) is 3.21. The number of aromatic nitrogens is 4. The molecule has 0 aliphatic carbocycles. The average molecular weight is 377 g/mol. The van der Waals surface area contributed by atoms with Gasteiger partial charge in [-0.15, -0.1) is 0 Å². The molecule has 4 rings (SSSR count). The Balaban J connectivity index is 1.27. The number of hydrogen-bond donors (Lipinski definition) is 1. The monoisotopic (exact) mass is 377 g/mol. The molecular weight excluding hydrogens is 358 g/mol. The highest BCUT2D eigenvalue weighted by atomic mass is 16.4. The van der Waals surface area contributed by atoms with Gasteiger partial charge in [0.25, 0.3) is 0 Å². The first kappa shape index (κ1) is 17.7. The first-order chi connectivity index (χ1) is 13.7. The van der Waals surface area contributed by atoms with Crippen LogP contribution in [0, 0.1) is 0 Å². The summed E-state index contributed by atoms with van der Waals surface area (Å²) in [5, 5.41) is 6.98. The van der Waals surface area contributed by atoms with E-state index in [0.29, 0.717) is 31.5 Å². The molecule has 0 saturated heterocycles. The fraction of sp³-hybridized carbons (Fsp3) is 0.200. The highest BCUT2D eigenvalue weighted by molar-refractivity contribution is 5.76. The van der Waals surface area contributed by atoms with Gasteiger partial charge in [-0.3, -0.25) is 9.36 Å². The summed E-state index contributed by atoms with van der Waals surface area (Å²) < 4.78 is 8.43. The second-order valence-corrected chi connectivity index (χ2v) is 6.37. The minimum absolute atomic E-state index is 0.0544. The molecule has 0 bridgehead atoms. The predicted molar refractivity (Wildman–Crippen MR) is 103 cm³/mol. The van der Waals surface area contributed by atoms with Gasteiger partial charge in [-0.05, 0) is 36.2 Å². The number of rotatable bonds is 7. The number of aryl methyl sites for hydroxylation is 1. The van der Waals surface area contributed by atoms with Crippen molar-refractivity contribution in [3.63, 3.8) is 0 Å². The summed E-state index contributed by atoms with van der Waals surface area (Å²) in [6.45, 7) is 0.890. The standard InChI is InChI=1S/C20H19N5O3/c26-19(6-3-11-24-17-4-1-2-5-18(17)28-20(24)27)22-12-15-7-9-16(10-8-15)25-14-21-13-23-25/h1-2,4-5,7-10,13-14H,3,6,11-12H2,(H,22,26). The minimum Gasteiger partial charge on any atom is -0.408 e. The Bertz CT molecular complexity index is 1130. The van der Waals surface area contributed by atoms with Crippen LogP contribution in [0.15, 0.2) is 70.4 Å². The number of para-hydroxylation sites is 2. The van der Waals surface area contributed by atoms with Crippen molar-refractivity contribution >= 4 is 17.0 Å². The van der Waals surface area contributed by atoms with Crippen LogP contribution in [0.3, 0.4) is 0 Å². The zero-order valence-corrected chi connectivity index (χ0v) is 15.1. The predicted octanol–water partition coefficient (Wildman–Crippen LogP) is 2.27. The maximum atomic E-state index is 12.1. The van der Waals surface area contributed by atoms with Crippen LogP contribution < -0.4 is 11.1 Å². The lowest BCUT2D eigenvalue weighted by molar-refractivity contribution is -0.121. The van der Waals surface area contributed by atoms with Gasteiger partial charge in [0.2, 0.25) is 5.91 Å².